The number of likely N-dealkylation sites (N-methyl/N-ethyl adjacent to an activating group) is 2. The lowest BCUT2D eigenvalue weighted by Gasteiger charge is -2.35. The Morgan fingerprint density at radius 3 is 2.28 bits per heavy atom. The maximum absolute atomic E-state index is 12.3. The summed E-state index contributed by atoms with van der Waals surface area (Å²) in [5.74, 6) is -3.11. The number of Topliss-reactive ketones (excluding diaryl/α,β-unsaturated/α-hetero) is 1. The van der Waals surface area contributed by atoms with E-state index in [4.69, 9.17) is 15.6 Å². The maximum Gasteiger partial charge on any atom is 0.326 e. The largest absolute Gasteiger partial charge is 0.481 e. The molecular weight excluding hydrogens is 604 g/mol. The van der Waals surface area contributed by atoms with E-state index in [1.54, 1.807) is 19.2 Å². The molecule has 17 nitrogen and oxygen atoms in total. The molecule has 1 aromatic carbocycles. The summed E-state index contributed by atoms with van der Waals surface area (Å²) in [4.78, 5) is 76.6. The number of carbonyl (C=O) groups excluding carboxylic acids is 3. The Bertz CT molecular complexity index is 1470. The number of carboxylic acids is 2. The van der Waals surface area contributed by atoms with E-state index < -0.39 is 36.0 Å². The fraction of sp³-hybridized carbons (Fsp3) is 0.483. The lowest BCUT2D eigenvalue weighted by atomic mass is 10.1. The van der Waals surface area contributed by atoms with Gasteiger partial charge in [0, 0.05) is 44.7 Å². The highest BCUT2D eigenvalue weighted by molar-refractivity contribution is 5.97. The lowest BCUT2D eigenvalue weighted by Crippen LogP contribution is -2.48. The van der Waals surface area contributed by atoms with Gasteiger partial charge in [0.1, 0.15) is 18.3 Å². The van der Waals surface area contributed by atoms with Gasteiger partial charge in [-0.15, -0.1) is 0 Å². The van der Waals surface area contributed by atoms with Gasteiger partial charge in [0.25, 0.3) is 11.5 Å². The Morgan fingerprint density at radius 2 is 1.76 bits per heavy atom. The molecular formula is C29H43N8O9+. The number of nitrogens with two attached hydrogens (primary N) is 1. The summed E-state index contributed by atoms with van der Waals surface area (Å²) in [5.41, 5.74) is 6.59. The molecule has 1 aliphatic heterocycles. The van der Waals surface area contributed by atoms with Crippen LogP contribution in [0.4, 0.5) is 23.1 Å². The van der Waals surface area contributed by atoms with E-state index in [0.717, 1.165) is 5.69 Å². The first kappa shape index (κ1) is 37.0. The minimum atomic E-state index is -1.30. The van der Waals surface area contributed by atoms with Crippen LogP contribution in [0.1, 0.15) is 37.0 Å². The molecule has 0 radical (unpaired) electrons. The van der Waals surface area contributed by atoms with Gasteiger partial charge >= 0.3 is 17.9 Å². The van der Waals surface area contributed by atoms with Gasteiger partial charge in [-0.25, -0.2) is 4.79 Å². The highest BCUT2D eigenvalue weighted by Crippen LogP contribution is 2.25. The molecule has 1 aliphatic rings. The minimum absolute atomic E-state index is 0.0388. The summed E-state index contributed by atoms with van der Waals surface area (Å²) in [6.45, 7) is 4.26. The van der Waals surface area contributed by atoms with Crippen LogP contribution >= 0.6 is 0 Å². The molecule has 0 spiro atoms. The Hall–Kier alpha value is -5.19. The lowest BCUT2D eigenvalue weighted by molar-refractivity contribution is -0.872. The van der Waals surface area contributed by atoms with Crippen LogP contribution in [-0.4, -0.2) is 120 Å². The second-order valence-electron chi connectivity index (χ2n) is 11.7. The second-order valence-corrected chi connectivity index (χ2v) is 11.7. The minimum Gasteiger partial charge on any atom is -0.481 e. The van der Waals surface area contributed by atoms with Crippen LogP contribution in [0.25, 0.3) is 0 Å². The number of ketones is 1. The first-order valence-corrected chi connectivity index (χ1v) is 14.3. The van der Waals surface area contributed by atoms with Crippen LogP contribution in [0.3, 0.4) is 0 Å². The highest BCUT2D eigenvalue weighted by atomic mass is 16.5. The van der Waals surface area contributed by atoms with E-state index >= 15 is 0 Å². The number of benzene rings is 1. The van der Waals surface area contributed by atoms with Crippen molar-refractivity contribution in [1.29, 1.82) is 0 Å². The zero-order valence-electron chi connectivity index (χ0n) is 26.7. The van der Waals surface area contributed by atoms with E-state index in [9.17, 15) is 33.9 Å². The number of nitrogens with one attached hydrogen (secondary N) is 4. The standard InChI is InChI=1S/C20H25N7O6.C9H18NO3/c1-27-12(9-23-16-15(27)18(31)26-20(21)25-16)8-22-11-4-2-10(3-5-11)17(30)24-13(19(32)33)6-7-14(28)29;1-7(11)9(13-8(2)12)6-10(3,4)5/h2-5,12-13,22H,6-9H2,1H3,(H,24,30)(H,28,29)(H,32,33)(H4,21,23,25,26,31);9H,6H2,1-5H3/q;+1/t12-,13?;/m0./s1. The molecule has 2 aromatic rings. The summed E-state index contributed by atoms with van der Waals surface area (Å²) in [5, 5.41) is 26.6. The molecule has 3 atom stereocenters. The van der Waals surface area contributed by atoms with Gasteiger partial charge in [-0.3, -0.25) is 29.0 Å². The average molecular weight is 648 g/mol. The average Bonchev–Trinajstić information content (AvgIpc) is 2.93. The zero-order chi connectivity index (χ0) is 34.8. The molecule has 0 saturated carbocycles. The zero-order valence-corrected chi connectivity index (χ0v) is 26.7. The van der Waals surface area contributed by atoms with Crippen molar-refractivity contribution < 1.29 is 43.4 Å². The number of nitrogens with zero attached hydrogens (tertiary/aromatic N) is 3. The predicted molar refractivity (Wildman–Crippen MR) is 170 cm³/mol. The van der Waals surface area contributed by atoms with Gasteiger partial charge in [-0.1, -0.05) is 0 Å². The van der Waals surface area contributed by atoms with E-state index in [0.29, 0.717) is 35.6 Å². The number of carboxylic acid groups (broad SMARTS) is 2. The Labute approximate surface area is 265 Å². The number of hydrogen-bond donors (Lipinski definition) is 7. The molecule has 252 valence electrons. The van der Waals surface area contributed by atoms with Crippen molar-refractivity contribution in [2.24, 2.45) is 0 Å². The van der Waals surface area contributed by atoms with Gasteiger partial charge in [0.15, 0.2) is 11.6 Å². The molecule has 0 saturated heterocycles. The van der Waals surface area contributed by atoms with E-state index in [1.165, 1.54) is 26.0 Å². The number of H-pyrrole nitrogens is 1. The molecule has 0 aliphatic carbocycles. The van der Waals surface area contributed by atoms with Gasteiger partial charge in [-0.2, -0.15) is 4.98 Å². The molecule has 0 bridgehead atoms. The molecule has 2 heterocycles. The van der Waals surface area contributed by atoms with Crippen molar-refractivity contribution in [3.63, 3.8) is 0 Å². The van der Waals surface area contributed by atoms with Crippen molar-refractivity contribution >= 4 is 52.7 Å². The fourth-order valence-electron chi connectivity index (χ4n) is 4.37. The Morgan fingerprint density at radius 1 is 1.13 bits per heavy atom. The van der Waals surface area contributed by atoms with Crippen LogP contribution in [0.15, 0.2) is 29.1 Å². The Kier molecular flexibility index (Phi) is 13.0. The van der Waals surface area contributed by atoms with Crippen LogP contribution < -0.4 is 32.1 Å². The number of fused-ring (bicyclic) bond motifs is 1. The van der Waals surface area contributed by atoms with Gasteiger partial charge in [-0.05, 0) is 37.6 Å². The number of aromatic amines is 1. The number of aliphatic carboxylic acids is 2. The fourth-order valence-corrected chi connectivity index (χ4v) is 4.37. The molecule has 3 rings (SSSR count). The normalized spacial score (nSPS) is 15.1. The van der Waals surface area contributed by atoms with Crippen LogP contribution in [0, 0.1) is 0 Å². The second kappa shape index (κ2) is 16.2. The van der Waals surface area contributed by atoms with Crippen molar-refractivity contribution in [2.75, 3.05) is 69.1 Å². The van der Waals surface area contributed by atoms with Gasteiger partial charge in [0.05, 0.1) is 27.2 Å². The third-order valence-electron chi connectivity index (χ3n) is 6.73. The Balaban J connectivity index is 0.000000479. The molecule has 1 aromatic heterocycles. The van der Waals surface area contributed by atoms with Crippen molar-refractivity contribution in [1.82, 2.24) is 15.3 Å². The number of quaternary nitrogens is 1. The number of amides is 1. The van der Waals surface area contributed by atoms with Crippen molar-refractivity contribution in [2.45, 2.75) is 44.9 Å². The summed E-state index contributed by atoms with van der Waals surface area (Å²) in [6, 6.07) is 5.03. The van der Waals surface area contributed by atoms with Crippen LogP contribution in [0.5, 0.6) is 0 Å². The molecule has 46 heavy (non-hydrogen) atoms. The van der Waals surface area contributed by atoms with Crippen molar-refractivity contribution in [3.05, 3.63) is 40.2 Å². The van der Waals surface area contributed by atoms with Gasteiger partial charge in [0.2, 0.25) is 12.1 Å². The number of ether oxygens (including phenoxy) is 1. The van der Waals surface area contributed by atoms with Crippen LogP contribution in [-0.2, 0) is 23.9 Å². The maximum atomic E-state index is 12.3. The van der Waals surface area contributed by atoms with E-state index in [-0.39, 0.29) is 41.7 Å². The number of carbonyl (C=O) groups is 5. The summed E-state index contributed by atoms with van der Waals surface area (Å²) >= 11 is 0. The smallest absolute Gasteiger partial charge is 0.326 e. The summed E-state index contributed by atoms with van der Waals surface area (Å²) < 4.78 is 5.48. The van der Waals surface area contributed by atoms with E-state index in [1.807, 2.05) is 26.0 Å². The number of esters is 1. The first-order chi connectivity index (χ1) is 21.4. The number of aromatic nitrogens is 2. The number of anilines is 4. The number of hydrogen-bond acceptors (Lipinski definition) is 12. The molecule has 2 unspecified atom stereocenters. The predicted octanol–water partition coefficient (Wildman–Crippen LogP) is -0.0444. The molecule has 1 amide bonds. The summed E-state index contributed by atoms with van der Waals surface area (Å²) in [7, 11) is 7.62. The topological polar surface area (TPSA) is 246 Å². The molecule has 8 N–H and O–H groups in total. The SMILES string of the molecule is CC(=O)OC(C[N+](C)(C)C)C(C)=O.CN1c2c(nc(N)[nH]c2=O)NC[C@@H]1CNc1ccc(C(=O)NC(CCC(=O)O)C(=O)O)cc1. The monoisotopic (exact) mass is 647 g/mol. The highest BCUT2D eigenvalue weighted by Gasteiger charge is 2.27. The summed E-state index contributed by atoms with van der Waals surface area (Å²) in [6.07, 6.45) is -1.20. The first-order valence-electron chi connectivity index (χ1n) is 14.3. The number of nitrogen functional groups attached to an aromatic ring is 1. The molecule has 17 heteroatoms. The quantitative estimate of drug-likeness (QED) is 0.111. The van der Waals surface area contributed by atoms with Gasteiger partial charge < -0.3 is 46.0 Å². The van der Waals surface area contributed by atoms with Crippen LogP contribution in [0.2, 0.25) is 0 Å². The third kappa shape index (κ3) is 11.7. The molecule has 0 fully saturated rings. The third-order valence-corrected chi connectivity index (χ3v) is 6.73. The van der Waals surface area contributed by atoms with E-state index in [2.05, 4.69) is 25.9 Å². The number of rotatable bonds is 13. The van der Waals surface area contributed by atoms with Crippen molar-refractivity contribution in [3.8, 4) is 0 Å².